The van der Waals surface area contributed by atoms with Gasteiger partial charge < -0.3 is 19.7 Å². The van der Waals surface area contributed by atoms with Gasteiger partial charge in [0.15, 0.2) is 5.25 Å². The van der Waals surface area contributed by atoms with Gasteiger partial charge in [0.2, 0.25) is 21.8 Å². The molecule has 3 aliphatic rings. The maximum absolute atomic E-state index is 12.8. The van der Waals surface area contributed by atoms with Crippen LogP contribution in [0.3, 0.4) is 0 Å². The lowest BCUT2D eigenvalue weighted by Crippen LogP contribution is -2.49. The van der Waals surface area contributed by atoms with E-state index in [2.05, 4.69) is 5.32 Å². The zero-order valence-corrected chi connectivity index (χ0v) is 16.8. The number of nitrogens with zero attached hydrogens (tertiary/aromatic N) is 2. The first kappa shape index (κ1) is 19.6. The van der Waals surface area contributed by atoms with Crippen LogP contribution >= 0.6 is 11.8 Å². The lowest BCUT2D eigenvalue weighted by atomic mass is 10.2. The first-order valence-electron chi connectivity index (χ1n) is 9.03. The van der Waals surface area contributed by atoms with Crippen LogP contribution in [0.5, 0.6) is 0 Å². The number of thioether (sulfide) groups is 1. The van der Waals surface area contributed by atoms with Crippen molar-refractivity contribution in [2.45, 2.75) is 15.0 Å². The van der Waals surface area contributed by atoms with Gasteiger partial charge in [-0.2, -0.15) is 4.31 Å². The van der Waals surface area contributed by atoms with Crippen molar-refractivity contribution in [3.63, 3.8) is 0 Å². The lowest BCUT2D eigenvalue weighted by Gasteiger charge is -2.32. The molecule has 9 nitrogen and oxygen atoms in total. The molecular weight excluding hydrogens is 406 g/mol. The Morgan fingerprint density at radius 2 is 1.71 bits per heavy atom. The third-order valence-electron chi connectivity index (χ3n) is 4.85. The number of carbonyl (C=O) groups is 2. The highest BCUT2D eigenvalue weighted by Gasteiger charge is 2.37. The summed E-state index contributed by atoms with van der Waals surface area (Å²) < 4.78 is 37.5. The second-order valence-electron chi connectivity index (χ2n) is 6.60. The highest BCUT2D eigenvalue weighted by molar-refractivity contribution is 8.01. The number of sulfonamides is 1. The zero-order chi connectivity index (χ0) is 19.7. The van der Waals surface area contributed by atoms with Gasteiger partial charge in [0.25, 0.3) is 0 Å². The average Bonchev–Trinajstić information content (AvgIpc) is 2.73. The van der Waals surface area contributed by atoms with Gasteiger partial charge in [-0.05, 0) is 18.2 Å². The van der Waals surface area contributed by atoms with Crippen molar-refractivity contribution in [2.24, 2.45) is 0 Å². The Balaban J connectivity index is 1.54. The van der Waals surface area contributed by atoms with Gasteiger partial charge >= 0.3 is 0 Å². The SMILES string of the molecule is O=C1Nc2cc(S(=O)(=O)N3CCOCC3)ccc2S[C@@H]1C(=O)N1CCOCC1. The minimum atomic E-state index is -3.66. The number of hydrogen-bond donors (Lipinski definition) is 1. The largest absolute Gasteiger partial charge is 0.379 e. The molecule has 0 aliphatic carbocycles. The summed E-state index contributed by atoms with van der Waals surface area (Å²) >= 11 is 1.15. The van der Waals surface area contributed by atoms with E-state index in [9.17, 15) is 18.0 Å². The monoisotopic (exact) mass is 427 g/mol. The Morgan fingerprint density at radius 3 is 2.39 bits per heavy atom. The molecule has 2 saturated heterocycles. The summed E-state index contributed by atoms with van der Waals surface area (Å²) in [5.41, 5.74) is 0.412. The summed E-state index contributed by atoms with van der Waals surface area (Å²) in [7, 11) is -3.66. The fourth-order valence-corrected chi connectivity index (χ4v) is 5.78. The summed E-state index contributed by atoms with van der Waals surface area (Å²) in [4.78, 5) is 27.6. The standard InChI is InChI=1S/C17H21N3O6S2/c21-16-15(17(22)19-3-7-25-8-4-19)27-14-2-1-12(11-13(14)18-16)28(23,24)20-5-9-26-10-6-20/h1-2,11,15H,3-10H2,(H,18,21)/t15-/m0/s1. The molecule has 0 radical (unpaired) electrons. The molecule has 1 atom stereocenters. The van der Waals surface area contributed by atoms with Gasteiger partial charge in [0, 0.05) is 31.1 Å². The van der Waals surface area contributed by atoms with Crippen LogP contribution in [0, 0.1) is 0 Å². The molecular formula is C17H21N3O6S2. The third kappa shape index (κ3) is 3.77. The molecule has 0 aromatic heterocycles. The summed E-state index contributed by atoms with van der Waals surface area (Å²) in [6.07, 6.45) is 0. The summed E-state index contributed by atoms with van der Waals surface area (Å²) in [6.45, 7) is 3.19. The number of rotatable bonds is 3. The van der Waals surface area contributed by atoms with E-state index in [0.29, 0.717) is 63.2 Å². The van der Waals surface area contributed by atoms with Crippen molar-refractivity contribution < 1.29 is 27.5 Å². The summed E-state index contributed by atoms with van der Waals surface area (Å²) in [6, 6.07) is 4.62. The number of anilines is 1. The number of benzene rings is 1. The minimum absolute atomic E-state index is 0.118. The molecule has 152 valence electrons. The van der Waals surface area contributed by atoms with E-state index >= 15 is 0 Å². The van der Waals surface area contributed by atoms with Crippen molar-refractivity contribution >= 4 is 39.3 Å². The maximum Gasteiger partial charge on any atom is 0.247 e. The van der Waals surface area contributed by atoms with Gasteiger partial charge in [-0.25, -0.2) is 8.42 Å². The van der Waals surface area contributed by atoms with Crippen LogP contribution in [0.15, 0.2) is 28.0 Å². The van der Waals surface area contributed by atoms with Crippen LogP contribution in [0.25, 0.3) is 0 Å². The van der Waals surface area contributed by atoms with Crippen molar-refractivity contribution in [3.05, 3.63) is 18.2 Å². The van der Waals surface area contributed by atoms with E-state index in [0.717, 1.165) is 11.8 Å². The quantitative estimate of drug-likeness (QED) is 0.676. The Kier molecular flexibility index (Phi) is 5.61. The number of morpholine rings is 2. The molecule has 0 bridgehead atoms. The van der Waals surface area contributed by atoms with Gasteiger partial charge in [-0.1, -0.05) is 0 Å². The topological polar surface area (TPSA) is 105 Å². The van der Waals surface area contributed by atoms with E-state index in [4.69, 9.17) is 9.47 Å². The lowest BCUT2D eigenvalue weighted by molar-refractivity contribution is -0.137. The number of fused-ring (bicyclic) bond motifs is 1. The van der Waals surface area contributed by atoms with E-state index in [1.165, 1.54) is 16.4 Å². The second-order valence-corrected chi connectivity index (χ2v) is 9.68. The van der Waals surface area contributed by atoms with Crippen molar-refractivity contribution in [1.29, 1.82) is 0 Å². The highest BCUT2D eigenvalue weighted by Crippen LogP contribution is 2.38. The minimum Gasteiger partial charge on any atom is -0.379 e. The van der Waals surface area contributed by atoms with Crippen LogP contribution in [-0.2, 0) is 29.1 Å². The maximum atomic E-state index is 12.8. The number of hydrogen-bond acceptors (Lipinski definition) is 7. The normalized spacial score (nSPS) is 23.8. The van der Waals surface area contributed by atoms with Crippen molar-refractivity contribution in [3.8, 4) is 0 Å². The molecule has 2 fully saturated rings. The number of carbonyl (C=O) groups excluding carboxylic acids is 2. The molecule has 1 aromatic carbocycles. The Morgan fingerprint density at radius 1 is 1.07 bits per heavy atom. The molecule has 3 heterocycles. The first-order chi connectivity index (χ1) is 13.5. The van der Waals surface area contributed by atoms with Crippen molar-refractivity contribution in [1.82, 2.24) is 9.21 Å². The smallest absolute Gasteiger partial charge is 0.247 e. The molecule has 2 amide bonds. The van der Waals surface area contributed by atoms with Gasteiger partial charge in [0.1, 0.15) is 0 Å². The second kappa shape index (κ2) is 7.99. The van der Waals surface area contributed by atoms with Crippen LogP contribution in [-0.4, -0.2) is 87.3 Å². The molecule has 0 spiro atoms. The van der Waals surface area contributed by atoms with E-state index in [1.807, 2.05) is 0 Å². The fraction of sp³-hybridized carbons (Fsp3) is 0.529. The van der Waals surface area contributed by atoms with E-state index < -0.39 is 21.2 Å². The highest BCUT2D eigenvalue weighted by atomic mass is 32.2. The number of amides is 2. The van der Waals surface area contributed by atoms with Crippen LogP contribution < -0.4 is 5.32 Å². The number of nitrogens with one attached hydrogen (secondary N) is 1. The Labute approximate surface area is 167 Å². The number of ether oxygens (including phenoxy) is 2. The van der Waals surface area contributed by atoms with E-state index in [-0.39, 0.29) is 10.8 Å². The molecule has 3 aliphatic heterocycles. The fourth-order valence-electron chi connectivity index (χ4n) is 3.30. The van der Waals surface area contributed by atoms with Crippen LogP contribution in [0.1, 0.15) is 0 Å². The molecule has 28 heavy (non-hydrogen) atoms. The Hall–Kier alpha value is -1.66. The molecule has 11 heteroatoms. The molecule has 0 saturated carbocycles. The Bertz CT molecular complexity index is 879. The third-order valence-corrected chi connectivity index (χ3v) is 8.00. The first-order valence-corrected chi connectivity index (χ1v) is 11.3. The average molecular weight is 428 g/mol. The molecule has 0 unspecified atom stereocenters. The van der Waals surface area contributed by atoms with Crippen LogP contribution in [0.4, 0.5) is 5.69 Å². The molecule has 1 N–H and O–H groups in total. The van der Waals surface area contributed by atoms with Gasteiger partial charge in [-0.3, -0.25) is 9.59 Å². The summed E-state index contributed by atoms with van der Waals surface area (Å²) in [5, 5.41) is 1.82. The van der Waals surface area contributed by atoms with Crippen molar-refractivity contribution in [2.75, 3.05) is 57.9 Å². The molecule has 1 aromatic rings. The van der Waals surface area contributed by atoms with E-state index in [1.54, 1.807) is 11.0 Å². The summed E-state index contributed by atoms with van der Waals surface area (Å²) in [5.74, 6) is -0.684. The predicted octanol–water partition coefficient (Wildman–Crippen LogP) is -0.0209. The molecule has 4 rings (SSSR count). The van der Waals surface area contributed by atoms with Crippen LogP contribution in [0.2, 0.25) is 0 Å². The van der Waals surface area contributed by atoms with Gasteiger partial charge in [-0.15, -0.1) is 11.8 Å². The predicted molar refractivity (Wildman–Crippen MR) is 102 cm³/mol. The van der Waals surface area contributed by atoms with Gasteiger partial charge in [0.05, 0.1) is 37.0 Å². The zero-order valence-electron chi connectivity index (χ0n) is 15.1.